The Balaban J connectivity index is 1.71. The minimum atomic E-state index is -3.77. The Morgan fingerprint density at radius 1 is 1.03 bits per heavy atom. The summed E-state index contributed by atoms with van der Waals surface area (Å²) in [6.07, 6.45) is 1.43. The number of hydrogen-bond donors (Lipinski definition) is 2. The third kappa shape index (κ3) is 6.05. The van der Waals surface area contributed by atoms with E-state index in [9.17, 15) is 18.0 Å². The summed E-state index contributed by atoms with van der Waals surface area (Å²) in [5.41, 5.74) is 2.07. The number of carbonyl (C=O) groups is 2. The van der Waals surface area contributed by atoms with Gasteiger partial charge in [-0.3, -0.25) is 9.59 Å². The minimum absolute atomic E-state index is 0.0172. The van der Waals surface area contributed by atoms with Gasteiger partial charge in [-0.15, -0.1) is 0 Å². The Morgan fingerprint density at radius 3 is 2.31 bits per heavy atom. The highest BCUT2D eigenvalue weighted by Gasteiger charge is 2.21. The molecule has 2 N–H and O–H groups in total. The molecule has 0 aliphatic rings. The van der Waals surface area contributed by atoms with Crippen molar-refractivity contribution in [3.63, 3.8) is 0 Å². The summed E-state index contributed by atoms with van der Waals surface area (Å²) in [5, 5.41) is 2.82. The summed E-state index contributed by atoms with van der Waals surface area (Å²) >= 11 is 0. The second kappa shape index (κ2) is 10.3. The average molecular weight is 457 g/mol. The lowest BCUT2D eigenvalue weighted by atomic mass is 10.0. The summed E-state index contributed by atoms with van der Waals surface area (Å²) in [5.74, 6) is -0.413. The van der Waals surface area contributed by atoms with E-state index in [0.29, 0.717) is 5.76 Å². The van der Waals surface area contributed by atoms with Crippen LogP contribution in [0.3, 0.4) is 0 Å². The van der Waals surface area contributed by atoms with Crippen molar-refractivity contribution in [1.82, 2.24) is 10.0 Å². The number of furan rings is 1. The maximum Gasteiger partial charge on any atom is 0.307 e. The van der Waals surface area contributed by atoms with Crippen molar-refractivity contribution in [3.05, 3.63) is 89.4 Å². The monoisotopic (exact) mass is 456 g/mol. The number of benzene rings is 2. The standard InChI is InChI=1S/C23H24N2O6S/c1-16-5-7-17(8-6-16)21(14-22(26)30-2)25-23(27)18-9-11-20(12-10-18)32(28,29)24-15-19-4-3-13-31-19/h3-13,21,24H,14-15H2,1-2H3,(H,25,27). The molecular weight excluding hydrogens is 432 g/mol. The molecule has 0 bridgehead atoms. The number of aryl methyl sites for hydroxylation is 1. The molecule has 1 amide bonds. The second-order valence-corrected chi connectivity index (χ2v) is 8.91. The van der Waals surface area contributed by atoms with Crippen LogP contribution >= 0.6 is 0 Å². The van der Waals surface area contributed by atoms with Gasteiger partial charge in [-0.25, -0.2) is 13.1 Å². The quantitative estimate of drug-likeness (QED) is 0.478. The molecular formula is C23H24N2O6S. The van der Waals surface area contributed by atoms with Crippen LogP contribution in [0.4, 0.5) is 0 Å². The van der Waals surface area contributed by atoms with Gasteiger partial charge in [0.05, 0.1) is 37.3 Å². The Kier molecular flexibility index (Phi) is 7.45. The minimum Gasteiger partial charge on any atom is -0.469 e. The lowest BCUT2D eigenvalue weighted by Crippen LogP contribution is -2.30. The van der Waals surface area contributed by atoms with Crippen molar-refractivity contribution in [2.45, 2.75) is 30.8 Å². The van der Waals surface area contributed by atoms with Gasteiger partial charge < -0.3 is 14.5 Å². The van der Waals surface area contributed by atoms with Crippen molar-refractivity contribution in [2.24, 2.45) is 0 Å². The number of nitrogens with one attached hydrogen (secondary N) is 2. The van der Waals surface area contributed by atoms with E-state index in [1.807, 2.05) is 31.2 Å². The highest BCUT2D eigenvalue weighted by molar-refractivity contribution is 7.89. The number of amides is 1. The number of sulfonamides is 1. The zero-order valence-corrected chi connectivity index (χ0v) is 18.5. The number of ether oxygens (including phenoxy) is 1. The topological polar surface area (TPSA) is 115 Å². The van der Waals surface area contributed by atoms with Crippen LogP contribution in [-0.4, -0.2) is 27.4 Å². The van der Waals surface area contributed by atoms with Crippen LogP contribution < -0.4 is 10.0 Å². The maximum absolute atomic E-state index is 12.8. The molecule has 1 unspecified atom stereocenters. The van der Waals surface area contributed by atoms with Crippen LogP contribution in [-0.2, 0) is 26.1 Å². The van der Waals surface area contributed by atoms with Gasteiger partial charge in [0.15, 0.2) is 0 Å². The highest BCUT2D eigenvalue weighted by atomic mass is 32.2. The summed E-state index contributed by atoms with van der Waals surface area (Å²) < 4.78 is 37.2. The molecule has 0 aliphatic heterocycles. The van der Waals surface area contributed by atoms with Gasteiger partial charge in [0.25, 0.3) is 5.91 Å². The van der Waals surface area contributed by atoms with E-state index in [1.165, 1.54) is 37.6 Å². The van der Waals surface area contributed by atoms with E-state index in [4.69, 9.17) is 9.15 Å². The molecule has 0 radical (unpaired) electrons. The smallest absolute Gasteiger partial charge is 0.307 e. The number of rotatable bonds is 9. The van der Waals surface area contributed by atoms with Gasteiger partial charge in [-0.2, -0.15) is 0 Å². The van der Waals surface area contributed by atoms with E-state index in [-0.39, 0.29) is 23.4 Å². The normalized spacial score (nSPS) is 12.2. The predicted octanol–water partition coefficient (Wildman–Crippen LogP) is 3.10. The Hall–Kier alpha value is -3.43. The molecule has 0 fully saturated rings. The van der Waals surface area contributed by atoms with E-state index in [2.05, 4.69) is 10.0 Å². The van der Waals surface area contributed by atoms with Crippen LogP contribution in [0.25, 0.3) is 0 Å². The molecule has 3 rings (SSSR count). The van der Waals surface area contributed by atoms with E-state index < -0.39 is 27.9 Å². The first kappa shape index (κ1) is 23.2. The highest BCUT2D eigenvalue weighted by Crippen LogP contribution is 2.20. The Bertz CT molecular complexity index is 1150. The van der Waals surface area contributed by atoms with Crippen LogP contribution in [0.5, 0.6) is 0 Å². The SMILES string of the molecule is COC(=O)CC(NC(=O)c1ccc(S(=O)(=O)NCc2ccco2)cc1)c1ccc(C)cc1. The van der Waals surface area contributed by atoms with Crippen molar-refractivity contribution in [2.75, 3.05) is 7.11 Å². The molecule has 32 heavy (non-hydrogen) atoms. The van der Waals surface area contributed by atoms with Gasteiger partial charge in [-0.05, 0) is 48.9 Å². The van der Waals surface area contributed by atoms with Gasteiger partial charge in [0, 0.05) is 5.56 Å². The van der Waals surface area contributed by atoms with Gasteiger partial charge >= 0.3 is 5.97 Å². The molecule has 0 spiro atoms. The number of esters is 1. The second-order valence-electron chi connectivity index (χ2n) is 7.15. The van der Waals surface area contributed by atoms with Gasteiger partial charge in [0.1, 0.15) is 5.76 Å². The third-order valence-electron chi connectivity index (χ3n) is 4.83. The molecule has 1 atom stereocenters. The number of hydrogen-bond acceptors (Lipinski definition) is 6. The van der Waals surface area contributed by atoms with E-state index in [1.54, 1.807) is 12.1 Å². The first-order valence-corrected chi connectivity index (χ1v) is 11.3. The molecule has 0 saturated carbocycles. The fourth-order valence-electron chi connectivity index (χ4n) is 2.99. The lowest BCUT2D eigenvalue weighted by molar-refractivity contribution is -0.141. The number of carbonyl (C=O) groups excluding carboxylic acids is 2. The third-order valence-corrected chi connectivity index (χ3v) is 6.24. The molecule has 1 aromatic heterocycles. The molecule has 0 saturated heterocycles. The van der Waals surface area contributed by atoms with Crippen molar-refractivity contribution < 1.29 is 27.2 Å². The van der Waals surface area contributed by atoms with Crippen LogP contribution in [0.2, 0.25) is 0 Å². The first-order valence-electron chi connectivity index (χ1n) is 9.85. The largest absolute Gasteiger partial charge is 0.469 e. The molecule has 1 heterocycles. The van der Waals surface area contributed by atoms with Crippen LogP contribution in [0.15, 0.2) is 76.2 Å². The predicted molar refractivity (Wildman–Crippen MR) is 117 cm³/mol. The first-order chi connectivity index (χ1) is 15.3. The molecule has 0 aliphatic carbocycles. The maximum atomic E-state index is 12.8. The molecule has 3 aromatic rings. The zero-order chi connectivity index (χ0) is 23.1. The Morgan fingerprint density at radius 2 is 1.72 bits per heavy atom. The van der Waals surface area contributed by atoms with Crippen molar-refractivity contribution in [1.29, 1.82) is 0 Å². The number of methoxy groups -OCH3 is 1. The van der Waals surface area contributed by atoms with Gasteiger partial charge in [-0.1, -0.05) is 29.8 Å². The van der Waals surface area contributed by atoms with Crippen LogP contribution in [0.1, 0.15) is 39.7 Å². The molecule has 9 heteroatoms. The zero-order valence-electron chi connectivity index (χ0n) is 17.7. The molecule has 8 nitrogen and oxygen atoms in total. The fourth-order valence-corrected chi connectivity index (χ4v) is 3.98. The lowest BCUT2D eigenvalue weighted by Gasteiger charge is -2.18. The summed E-state index contributed by atoms with van der Waals surface area (Å²) in [4.78, 5) is 24.6. The van der Waals surface area contributed by atoms with Gasteiger partial charge in [0.2, 0.25) is 10.0 Å². The van der Waals surface area contributed by atoms with E-state index >= 15 is 0 Å². The Labute approximate surface area is 186 Å². The summed E-state index contributed by atoms with van der Waals surface area (Å²) in [6, 6.07) is 15.7. The van der Waals surface area contributed by atoms with E-state index in [0.717, 1.165) is 11.1 Å². The van der Waals surface area contributed by atoms with Crippen molar-refractivity contribution >= 4 is 21.9 Å². The molecule has 168 valence electrons. The fraction of sp³-hybridized carbons (Fsp3) is 0.217. The van der Waals surface area contributed by atoms with Crippen LogP contribution in [0, 0.1) is 6.92 Å². The molecule has 2 aromatic carbocycles. The average Bonchev–Trinajstić information content (AvgIpc) is 3.31. The summed E-state index contributed by atoms with van der Waals surface area (Å²) in [7, 11) is -2.48. The summed E-state index contributed by atoms with van der Waals surface area (Å²) in [6.45, 7) is 1.96. The van der Waals surface area contributed by atoms with Crippen molar-refractivity contribution in [3.8, 4) is 0 Å².